The highest BCUT2D eigenvalue weighted by Crippen LogP contribution is 1.84. The Labute approximate surface area is 58.8 Å². The molecule has 3 nitrogen and oxygen atoms in total. The lowest BCUT2D eigenvalue weighted by Crippen LogP contribution is -2.22. The molecule has 1 N–H and O–H groups in total. The number of carbonyl (C=O) groups is 1. The molecular weight excluding hydrogens is 136 g/mol. The van der Waals surface area contributed by atoms with Crippen LogP contribution in [0, 0.1) is 11.3 Å². The molecule has 0 aromatic rings. The monoisotopic (exact) mass is 142 g/mol. The third-order valence-corrected chi connectivity index (χ3v) is 0.807. The van der Waals surface area contributed by atoms with Gasteiger partial charge in [0.1, 0.15) is 11.6 Å². The number of carbonyl (C=O) groups excluding carboxylic acids is 1. The summed E-state index contributed by atoms with van der Waals surface area (Å²) in [6.07, 6.45) is 0. The number of nitriles is 1. The van der Waals surface area contributed by atoms with Crippen LogP contribution in [0.1, 0.15) is 0 Å². The van der Waals surface area contributed by atoms with Crippen molar-refractivity contribution >= 4 is 18.5 Å². The lowest BCUT2D eigenvalue weighted by molar-refractivity contribution is -0.116. The zero-order valence-electron chi connectivity index (χ0n) is 4.72. The first-order valence-electron chi connectivity index (χ1n) is 2.20. The van der Waals surface area contributed by atoms with Crippen LogP contribution in [0.15, 0.2) is 12.2 Å². The van der Waals surface area contributed by atoms with Crippen molar-refractivity contribution in [2.24, 2.45) is 0 Å². The Morgan fingerprint density at radius 2 is 2.44 bits per heavy atom. The minimum Gasteiger partial charge on any atom is -0.343 e. The maximum atomic E-state index is 10.5. The van der Waals surface area contributed by atoms with Gasteiger partial charge in [0.05, 0.1) is 5.88 Å². The maximum absolute atomic E-state index is 10.5. The van der Waals surface area contributed by atoms with Gasteiger partial charge in [0.2, 0.25) is 0 Å². The first kappa shape index (κ1) is 8.05. The van der Waals surface area contributed by atoms with Crippen molar-refractivity contribution in [2.75, 3.05) is 5.88 Å². The molecule has 0 aromatic carbocycles. The van der Waals surface area contributed by atoms with Crippen LogP contribution in [0.3, 0.4) is 0 Å². The summed E-state index contributed by atoms with van der Waals surface area (Å²) in [5.41, 5.74) is -0.0935. The summed E-state index contributed by atoms with van der Waals surface area (Å²) in [4.78, 5) is 10.5. The van der Waals surface area contributed by atoms with Gasteiger partial charge >= 0.3 is 0 Å². The Kier molecular flexibility index (Phi) is 3.56. The van der Waals surface area contributed by atoms with E-state index >= 15 is 0 Å². The topological polar surface area (TPSA) is 52.9 Å². The van der Waals surface area contributed by atoms with Gasteiger partial charge in [0.25, 0.3) is 5.91 Å². The number of hydrogen-bond donors (Lipinski definition) is 2. The summed E-state index contributed by atoms with van der Waals surface area (Å²) in [6, 6.07) is 1.61. The molecule has 1 amide bonds. The summed E-state index contributed by atoms with van der Waals surface area (Å²) < 4.78 is 0. The summed E-state index contributed by atoms with van der Waals surface area (Å²) in [5, 5.41) is 10.4. The van der Waals surface area contributed by atoms with E-state index in [2.05, 4.69) is 24.5 Å². The molecule has 0 aliphatic carbocycles. The molecule has 0 aliphatic rings. The summed E-state index contributed by atoms with van der Waals surface area (Å²) in [7, 11) is 0. The molecule has 48 valence electrons. The van der Waals surface area contributed by atoms with Gasteiger partial charge in [0, 0.05) is 0 Å². The highest BCUT2D eigenvalue weighted by atomic mass is 32.1. The molecule has 0 radical (unpaired) electrons. The second-order valence-corrected chi connectivity index (χ2v) is 1.57. The fourth-order valence-corrected chi connectivity index (χ4v) is 0.373. The number of nitrogens with zero attached hydrogens (tertiary/aromatic N) is 1. The number of thiol groups is 1. The predicted octanol–water partition coefficient (Wildman–Crippen LogP) is 0.0697. The van der Waals surface area contributed by atoms with Crippen LogP contribution in [-0.4, -0.2) is 11.8 Å². The molecule has 0 unspecified atom stereocenters. The van der Waals surface area contributed by atoms with E-state index in [4.69, 9.17) is 5.26 Å². The van der Waals surface area contributed by atoms with Crippen LogP contribution in [0.2, 0.25) is 0 Å². The average Bonchev–Trinajstić information content (AvgIpc) is 1.87. The van der Waals surface area contributed by atoms with Crippen LogP contribution in [0.25, 0.3) is 0 Å². The van der Waals surface area contributed by atoms with E-state index < -0.39 is 5.91 Å². The van der Waals surface area contributed by atoms with E-state index in [-0.39, 0.29) is 11.4 Å². The Hall–Kier alpha value is -0.950. The van der Waals surface area contributed by atoms with E-state index in [9.17, 15) is 4.79 Å². The van der Waals surface area contributed by atoms with Crippen molar-refractivity contribution in [3.05, 3.63) is 12.2 Å². The lowest BCUT2D eigenvalue weighted by Gasteiger charge is -1.94. The van der Waals surface area contributed by atoms with Crippen LogP contribution < -0.4 is 5.32 Å². The fourth-order valence-electron chi connectivity index (χ4n) is 0.229. The van der Waals surface area contributed by atoms with E-state index in [0.29, 0.717) is 0 Å². The average molecular weight is 142 g/mol. The van der Waals surface area contributed by atoms with Gasteiger partial charge in [-0.2, -0.15) is 17.9 Å². The van der Waals surface area contributed by atoms with Crippen molar-refractivity contribution in [3.63, 3.8) is 0 Å². The number of hydrogen-bond acceptors (Lipinski definition) is 3. The van der Waals surface area contributed by atoms with Crippen LogP contribution in [0.5, 0.6) is 0 Å². The molecule has 0 aliphatic heterocycles. The normalized spacial score (nSPS) is 7.56. The second-order valence-electron chi connectivity index (χ2n) is 1.25. The standard InChI is InChI=1S/C5H6N2OS/c1-4(2-6)5(8)7-3-9/h9H,1,3H2,(H,7,8). The van der Waals surface area contributed by atoms with E-state index in [0.717, 1.165) is 0 Å². The molecule has 0 saturated heterocycles. The number of amides is 1. The Balaban J connectivity index is 3.78. The van der Waals surface area contributed by atoms with Gasteiger partial charge in [-0.05, 0) is 0 Å². The first-order chi connectivity index (χ1) is 4.22. The molecule has 0 spiro atoms. The maximum Gasteiger partial charge on any atom is 0.261 e. The molecule has 0 bridgehead atoms. The molecule has 0 atom stereocenters. The Bertz CT molecular complexity index is 170. The molecule has 0 aromatic heterocycles. The third-order valence-electron chi connectivity index (χ3n) is 0.649. The van der Waals surface area contributed by atoms with E-state index in [1.54, 1.807) is 6.07 Å². The minimum atomic E-state index is -0.465. The molecule has 0 rings (SSSR count). The van der Waals surface area contributed by atoms with Gasteiger partial charge in [-0.25, -0.2) is 0 Å². The van der Waals surface area contributed by atoms with Gasteiger partial charge in [-0.3, -0.25) is 4.79 Å². The Morgan fingerprint density at radius 3 is 2.78 bits per heavy atom. The number of rotatable bonds is 2. The van der Waals surface area contributed by atoms with Crippen molar-refractivity contribution in [1.82, 2.24) is 5.32 Å². The van der Waals surface area contributed by atoms with Gasteiger partial charge in [-0.15, -0.1) is 0 Å². The van der Waals surface area contributed by atoms with Crippen molar-refractivity contribution in [3.8, 4) is 6.07 Å². The molecule has 0 fully saturated rings. The summed E-state index contributed by atoms with van der Waals surface area (Å²) >= 11 is 3.71. The highest BCUT2D eigenvalue weighted by Gasteiger charge is 2.01. The highest BCUT2D eigenvalue weighted by molar-refractivity contribution is 7.80. The largest absolute Gasteiger partial charge is 0.343 e. The van der Waals surface area contributed by atoms with Crippen LogP contribution >= 0.6 is 12.6 Å². The van der Waals surface area contributed by atoms with Crippen molar-refractivity contribution < 1.29 is 4.79 Å². The van der Waals surface area contributed by atoms with Crippen LogP contribution in [-0.2, 0) is 4.79 Å². The van der Waals surface area contributed by atoms with Gasteiger partial charge < -0.3 is 5.32 Å². The SMILES string of the molecule is C=C(C#N)C(=O)NCS. The molecule has 9 heavy (non-hydrogen) atoms. The van der Waals surface area contributed by atoms with Gasteiger partial charge in [0.15, 0.2) is 0 Å². The smallest absolute Gasteiger partial charge is 0.261 e. The lowest BCUT2D eigenvalue weighted by atomic mass is 10.3. The van der Waals surface area contributed by atoms with E-state index in [1.165, 1.54) is 0 Å². The zero-order chi connectivity index (χ0) is 7.28. The van der Waals surface area contributed by atoms with Gasteiger partial charge in [-0.1, -0.05) is 6.58 Å². The molecular formula is C5H6N2OS. The first-order valence-corrected chi connectivity index (χ1v) is 2.83. The summed E-state index contributed by atoms with van der Waals surface area (Å²) in [6.45, 7) is 3.18. The predicted molar refractivity (Wildman–Crippen MR) is 36.7 cm³/mol. The second kappa shape index (κ2) is 3.98. The molecule has 4 heteroatoms. The van der Waals surface area contributed by atoms with Crippen LogP contribution in [0.4, 0.5) is 0 Å². The Morgan fingerprint density at radius 1 is 1.89 bits per heavy atom. The zero-order valence-corrected chi connectivity index (χ0v) is 5.61. The molecule has 0 heterocycles. The fraction of sp³-hybridized carbons (Fsp3) is 0.200. The quantitative estimate of drug-likeness (QED) is 0.248. The number of nitrogens with one attached hydrogen (secondary N) is 1. The summed E-state index contributed by atoms with van der Waals surface area (Å²) in [5.74, 6) is -0.244. The minimum absolute atomic E-state index is 0.0935. The molecule has 0 saturated carbocycles. The van der Waals surface area contributed by atoms with Crippen molar-refractivity contribution in [1.29, 1.82) is 5.26 Å². The van der Waals surface area contributed by atoms with Crippen molar-refractivity contribution in [2.45, 2.75) is 0 Å². The van der Waals surface area contributed by atoms with E-state index in [1.807, 2.05) is 0 Å². The third kappa shape index (κ3) is 2.77.